The van der Waals surface area contributed by atoms with Crippen LogP contribution < -0.4 is 4.90 Å². The maximum Gasteiger partial charge on any atom is 0.129 e. The monoisotopic (exact) mass is 306 g/mol. The molecule has 0 saturated carbocycles. The molecule has 3 nitrogen and oxygen atoms in total. The van der Waals surface area contributed by atoms with Gasteiger partial charge in [0.15, 0.2) is 0 Å². The molecule has 0 atom stereocenters. The predicted octanol–water partition coefficient (Wildman–Crippen LogP) is 3.14. The van der Waals surface area contributed by atoms with Crippen LogP contribution in [-0.2, 0) is 4.74 Å². The normalized spacial score (nSPS) is 16.2. The van der Waals surface area contributed by atoms with Crippen LogP contribution in [0.4, 0.5) is 5.82 Å². The van der Waals surface area contributed by atoms with Gasteiger partial charge in [0.05, 0.1) is 18.7 Å². The summed E-state index contributed by atoms with van der Waals surface area (Å²) in [6, 6.07) is 8.42. The lowest BCUT2D eigenvalue weighted by Gasteiger charge is -2.28. The Morgan fingerprint density at radius 1 is 1.22 bits per heavy atom. The third-order valence-corrected chi connectivity index (χ3v) is 3.79. The number of anilines is 1. The third kappa shape index (κ3) is 2.22. The van der Waals surface area contributed by atoms with Crippen LogP contribution in [0.3, 0.4) is 0 Å². The summed E-state index contributed by atoms with van der Waals surface area (Å²) in [6.07, 6.45) is 0. The summed E-state index contributed by atoms with van der Waals surface area (Å²) in [5.41, 5.74) is 2.32. The molecule has 2 aromatic rings. The van der Waals surface area contributed by atoms with Gasteiger partial charge in [0, 0.05) is 22.9 Å². The number of aromatic nitrogens is 1. The highest BCUT2D eigenvalue weighted by molar-refractivity contribution is 9.10. The van der Waals surface area contributed by atoms with Gasteiger partial charge in [-0.15, -0.1) is 0 Å². The van der Waals surface area contributed by atoms with Crippen LogP contribution in [0.15, 0.2) is 28.7 Å². The van der Waals surface area contributed by atoms with Gasteiger partial charge in [-0.1, -0.05) is 22.0 Å². The molecule has 1 aromatic heterocycles. The van der Waals surface area contributed by atoms with E-state index in [9.17, 15) is 0 Å². The van der Waals surface area contributed by atoms with Gasteiger partial charge in [0.25, 0.3) is 0 Å². The van der Waals surface area contributed by atoms with Crippen LogP contribution in [0, 0.1) is 6.92 Å². The zero-order valence-corrected chi connectivity index (χ0v) is 11.9. The van der Waals surface area contributed by atoms with Crippen molar-refractivity contribution in [1.82, 2.24) is 4.98 Å². The second-order valence-corrected chi connectivity index (χ2v) is 5.47. The van der Waals surface area contributed by atoms with Crippen molar-refractivity contribution >= 4 is 32.7 Å². The predicted molar refractivity (Wildman–Crippen MR) is 77.2 cm³/mol. The second-order valence-electron chi connectivity index (χ2n) is 4.56. The molecular formula is C14H15BrN2O. The fourth-order valence-electron chi connectivity index (χ4n) is 2.31. The maximum atomic E-state index is 5.38. The van der Waals surface area contributed by atoms with E-state index >= 15 is 0 Å². The summed E-state index contributed by atoms with van der Waals surface area (Å²) < 4.78 is 6.45. The number of fused-ring (bicyclic) bond motifs is 1. The van der Waals surface area contributed by atoms with E-state index in [1.807, 2.05) is 0 Å². The maximum absolute atomic E-state index is 5.38. The molecule has 0 unspecified atom stereocenters. The fourth-order valence-corrected chi connectivity index (χ4v) is 2.66. The lowest BCUT2D eigenvalue weighted by Crippen LogP contribution is -2.36. The second kappa shape index (κ2) is 4.86. The molecule has 0 N–H and O–H groups in total. The first-order valence-corrected chi connectivity index (χ1v) is 6.93. The van der Waals surface area contributed by atoms with Crippen molar-refractivity contribution in [3.8, 4) is 0 Å². The highest BCUT2D eigenvalue weighted by Crippen LogP contribution is 2.25. The summed E-state index contributed by atoms with van der Waals surface area (Å²) in [4.78, 5) is 7.05. The molecule has 94 valence electrons. The molecule has 1 fully saturated rings. The van der Waals surface area contributed by atoms with Gasteiger partial charge >= 0.3 is 0 Å². The van der Waals surface area contributed by atoms with Gasteiger partial charge in [0.2, 0.25) is 0 Å². The lowest BCUT2D eigenvalue weighted by atomic mass is 10.1. The van der Waals surface area contributed by atoms with Gasteiger partial charge in [-0.25, -0.2) is 4.98 Å². The van der Waals surface area contributed by atoms with E-state index in [1.54, 1.807) is 0 Å². The minimum Gasteiger partial charge on any atom is -0.378 e. The first-order valence-electron chi connectivity index (χ1n) is 6.13. The van der Waals surface area contributed by atoms with Crippen molar-refractivity contribution in [2.24, 2.45) is 0 Å². The number of pyridine rings is 1. The number of rotatable bonds is 1. The number of ether oxygens (including phenoxy) is 1. The fraction of sp³-hybridized carbons (Fsp3) is 0.357. The van der Waals surface area contributed by atoms with E-state index in [1.165, 1.54) is 10.9 Å². The van der Waals surface area contributed by atoms with E-state index in [-0.39, 0.29) is 0 Å². The topological polar surface area (TPSA) is 25.4 Å². The molecule has 1 saturated heterocycles. The molecule has 18 heavy (non-hydrogen) atoms. The summed E-state index contributed by atoms with van der Waals surface area (Å²) in [5.74, 6) is 1.06. The Labute approximate surface area is 115 Å². The number of nitrogens with zero attached hydrogens (tertiary/aromatic N) is 2. The van der Waals surface area contributed by atoms with Gasteiger partial charge in [-0.3, -0.25) is 0 Å². The average Bonchev–Trinajstić information content (AvgIpc) is 2.39. The lowest BCUT2D eigenvalue weighted by molar-refractivity contribution is 0.122. The summed E-state index contributed by atoms with van der Waals surface area (Å²) in [6.45, 7) is 5.56. The van der Waals surface area contributed by atoms with E-state index in [4.69, 9.17) is 9.72 Å². The SMILES string of the molecule is Cc1cc(N2CCOCC2)nc2cc(Br)ccc12. The molecular weight excluding hydrogens is 292 g/mol. The Kier molecular flexibility index (Phi) is 3.22. The molecule has 0 amide bonds. The summed E-state index contributed by atoms with van der Waals surface area (Å²) in [5, 5.41) is 1.22. The number of hydrogen-bond acceptors (Lipinski definition) is 3. The van der Waals surface area contributed by atoms with Crippen LogP contribution >= 0.6 is 15.9 Å². The molecule has 0 aliphatic carbocycles. The molecule has 2 heterocycles. The third-order valence-electron chi connectivity index (χ3n) is 3.30. The molecule has 0 spiro atoms. The highest BCUT2D eigenvalue weighted by atomic mass is 79.9. The van der Waals surface area contributed by atoms with Crippen LogP contribution in [-0.4, -0.2) is 31.3 Å². The molecule has 1 aromatic carbocycles. The van der Waals surface area contributed by atoms with Crippen molar-refractivity contribution in [2.75, 3.05) is 31.2 Å². The number of benzene rings is 1. The molecule has 3 rings (SSSR count). The zero-order valence-electron chi connectivity index (χ0n) is 10.3. The minimum absolute atomic E-state index is 0.789. The van der Waals surface area contributed by atoms with Crippen LogP contribution in [0.25, 0.3) is 10.9 Å². The Hall–Kier alpha value is -1.13. The molecule has 1 aliphatic rings. The van der Waals surface area contributed by atoms with Crippen molar-refractivity contribution in [3.63, 3.8) is 0 Å². The van der Waals surface area contributed by atoms with Gasteiger partial charge in [-0.2, -0.15) is 0 Å². The number of halogens is 1. The number of aryl methyl sites for hydroxylation is 1. The van der Waals surface area contributed by atoms with Crippen LogP contribution in [0.2, 0.25) is 0 Å². The zero-order chi connectivity index (χ0) is 12.5. The Morgan fingerprint density at radius 3 is 2.78 bits per heavy atom. The van der Waals surface area contributed by atoms with Crippen molar-refractivity contribution in [2.45, 2.75) is 6.92 Å². The van der Waals surface area contributed by atoms with Gasteiger partial charge in [0.1, 0.15) is 5.82 Å². The van der Waals surface area contributed by atoms with E-state index in [0.29, 0.717) is 0 Å². The van der Waals surface area contributed by atoms with Gasteiger partial charge < -0.3 is 9.64 Å². The average molecular weight is 307 g/mol. The van der Waals surface area contributed by atoms with E-state index in [0.717, 1.165) is 42.1 Å². The highest BCUT2D eigenvalue weighted by Gasteiger charge is 2.13. The Morgan fingerprint density at radius 2 is 2.00 bits per heavy atom. The van der Waals surface area contributed by atoms with Crippen LogP contribution in [0.5, 0.6) is 0 Å². The number of hydrogen-bond donors (Lipinski definition) is 0. The summed E-state index contributed by atoms with van der Waals surface area (Å²) in [7, 11) is 0. The Bertz CT molecular complexity index is 579. The van der Waals surface area contributed by atoms with Crippen molar-refractivity contribution in [3.05, 3.63) is 34.3 Å². The molecule has 0 bridgehead atoms. The van der Waals surface area contributed by atoms with Crippen molar-refractivity contribution in [1.29, 1.82) is 0 Å². The molecule has 0 radical (unpaired) electrons. The van der Waals surface area contributed by atoms with Gasteiger partial charge in [-0.05, 0) is 30.7 Å². The van der Waals surface area contributed by atoms with E-state index in [2.05, 4.69) is 52.0 Å². The largest absolute Gasteiger partial charge is 0.378 e. The smallest absolute Gasteiger partial charge is 0.129 e. The Balaban J connectivity index is 2.07. The first-order chi connectivity index (χ1) is 8.74. The van der Waals surface area contributed by atoms with Crippen LogP contribution in [0.1, 0.15) is 5.56 Å². The minimum atomic E-state index is 0.789. The van der Waals surface area contributed by atoms with Crippen molar-refractivity contribution < 1.29 is 4.74 Å². The quantitative estimate of drug-likeness (QED) is 0.809. The molecule has 4 heteroatoms. The number of morpholine rings is 1. The molecule has 1 aliphatic heterocycles. The first kappa shape index (κ1) is 11.9. The van der Waals surface area contributed by atoms with E-state index < -0.39 is 0 Å². The summed E-state index contributed by atoms with van der Waals surface area (Å²) >= 11 is 3.50. The standard InChI is InChI=1S/C14H15BrN2O/c1-10-8-14(17-4-6-18-7-5-17)16-13-9-11(15)2-3-12(10)13/h2-3,8-9H,4-7H2,1H3.